The molecule has 18 heavy (non-hydrogen) atoms. The Balaban J connectivity index is 2.48. The average Bonchev–Trinajstić information content (AvgIpc) is 2.41. The van der Waals surface area contributed by atoms with Crippen molar-refractivity contribution in [3.8, 4) is 0 Å². The van der Waals surface area contributed by atoms with E-state index in [1.54, 1.807) is 0 Å². The van der Waals surface area contributed by atoms with E-state index in [4.69, 9.17) is 15.3 Å². The Kier molecular flexibility index (Phi) is 7.60. The fourth-order valence-corrected chi connectivity index (χ4v) is 1.87. The minimum atomic E-state index is -0.284. The van der Waals surface area contributed by atoms with E-state index in [1.807, 2.05) is 32.0 Å². The molecule has 4 heteroatoms. The van der Waals surface area contributed by atoms with Crippen molar-refractivity contribution in [2.45, 2.75) is 39.0 Å². The number of hydrazine groups is 1. The van der Waals surface area contributed by atoms with Crippen LogP contribution in [0.2, 0.25) is 0 Å². The van der Waals surface area contributed by atoms with Crippen LogP contribution in [-0.4, -0.2) is 25.5 Å². The molecular formula is C14H24N2O2. The Labute approximate surface area is 109 Å². The third-order valence-electron chi connectivity index (χ3n) is 2.79. The van der Waals surface area contributed by atoms with Crippen molar-refractivity contribution in [2.75, 3.05) is 13.2 Å². The first kappa shape index (κ1) is 15.1. The lowest BCUT2D eigenvalue weighted by Gasteiger charge is -2.26. The molecule has 0 heterocycles. The van der Waals surface area contributed by atoms with Gasteiger partial charge in [-0.05, 0) is 32.3 Å². The standard InChI is InChI=1S/C14H24N2O2/c1-3-17-14(18-4-2)13(16-15)11-10-12-8-6-5-7-9-12/h5-9,13-14,16H,3-4,10-11,15H2,1-2H3. The summed E-state index contributed by atoms with van der Waals surface area (Å²) in [5, 5.41) is 0. The zero-order valence-corrected chi connectivity index (χ0v) is 11.3. The number of benzene rings is 1. The van der Waals surface area contributed by atoms with E-state index in [-0.39, 0.29) is 12.3 Å². The van der Waals surface area contributed by atoms with E-state index in [1.165, 1.54) is 5.56 Å². The SMILES string of the molecule is CCOC(OCC)C(CCc1ccccc1)NN. The van der Waals surface area contributed by atoms with E-state index in [0.29, 0.717) is 13.2 Å². The summed E-state index contributed by atoms with van der Waals surface area (Å²) in [7, 11) is 0. The lowest BCUT2D eigenvalue weighted by molar-refractivity contribution is -0.155. The van der Waals surface area contributed by atoms with Gasteiger partial charge in [0.05, 0.1) is 6.04 Å². The largest absolute Gasteiger partial charge is 0.351 e. The summed E-state index contributed by atoms with van der Waals surface area (Å²) >= 11 is 0. The van der Waals surface area contributed by atoms with Gasteiger partial charge in [-0.25, -0.2) is 0 Å². The van der Waals surface area contributed by atoms with Crippen molar-refractivity contribution in [3.63, 3.8) is 0 Å². The molecule has 0 aromatic heterocycles. The van der Waals surface area contributed by atoms with Crippen LogP contribution < -0.4 is 11.3 Å². The lowest BCUT2D eigenvalue weighted by atomic mass is 10.1. The predicted octanol–water partition coefficient (Wildman–Crippen LogP) is 1.85. The van der Waals surface area contributed by atoms with Crippen LogP contribution in [0.3, 0.4) is 0 Å². The second-order valence-electron chi connectivity index (χ2n) is 4.08. The summed E-state index contributed by atoms with van der Waals surface area (Å²) < 4.78 is 11.1. The molecule has 1 rings (SSSR count). The maximum Gasteiger partial charge on any atom is 0.174 e. The van der Waals surface area contributed by atoms with E-state index in [9.17, 15) is 0 Å². The highest BCUT2D eigenvalue weighted by molar-refractivity contribution is 5.14. The van der Waals surface area contributed by atoms with E-state index in [2.05, 4.69) is 17.6 Å². The van der Waals surface area contributed by atoms with Gasteiger partial charge in [0.2, 0.25) is 0 Å². The summed E-state index contributed by atoms with van der Waals surface area (Å²) in [6, 6.07) is 10.3. The molecule has 3 N–H and O–H groups in total. The van der Waals surface area contributed by atoms with Gasteiger partial charge in [0.15, 0.2) is 6.29 Å². The molecule has 1 atom stereocenters. The summed E-state index contributed by atoms with van der Waals surface area (Å²) in [4.78, 5) is 0. The monoisotopic (exact) mass is 252 g/mol. The van der Waals surface area contributed by atoms with Crippen LogP contribution in [0.25, 0.3) is 0 Å². The van der Waals surface area contributed by atoms with Gasteiger partial charge in [0.1, 0.15) is 0 Å². The first-order valence-corrected chi connectivity index (χ1v) is 6.55. The van der Waals surface area contributed by atoms with Gasteiger partial charge in [-0.2, -0.15) is 0 Å². The fourth-order valence-electron chi connectivity index (χ4n) is 1.87. The second kappa shape index (κ2) is 9.05. The van der Waals surface area contributed by atoms with Gasteiger partial charge in [-0.1, -0.05) is 30.3 Å². The van der Waals surface area contributed by atoms with Gasteiger partial charge in [0, 0.05) is 13.2 Å². The lowest BCUT2D eigenvalue weighted by Crippen LogP contribution is -2.46. The number of aryl methyl sites for hydroxylation is 1. The number of ether oxygens (including phenoxy) is 2. The maximum atomic E-state index is 5.59. The number of hydrogen-bond acceptors (Lipinski definition) is 4. The Morgan fingerprint density at radius 3 is 2.22 bits per heavy atom. The number of nitrogens with one attached hydrogen (secondary N) is 1. The van der Waals surface area contributed by atoms with E-state index >= 15 is 0 Å². The smallest absolute Gasteiger partial charge is 0.174 e. The molecule has 0 aliphatic carbocycles. The molecule has 102 valence electrons. The highest BCUT2D eigenvalue weighted by Crippen LogP contribution is 2.10. The minimum Gasteiger partial charge on any atom is -0.351 e. The van der Waals surface area contributed by atoms with Gasteiger partial charge in [0.25, 0.3) is 0 Å². The van der Waals surface area contributed by atoms with Crippen molar-refractivity contribution >= 4 is 0 Å². The van der Waals surface area contributed by atoms with Crippen LogP contribution in [0.1, 0.15) is 25.8 Å². The van der Waals surface area contributed by atoms with Gasteiger partial charge < -0.3 is 9.47 Å². The minimum absolute atomic E-state index is 0.00473. The van der Waals surface area contributed by atoms with Crippen LogP contribution >= 0.6 is 0 Å². The van der Waals surface area contributed by atoms with Crippen molar-refractivity contribution in [1.29, 1.82) is 0 Å². The Hall–Kier alpha value is -0.940. The summed E-state index contributed by atoms with van der Waals surface area (Å²) in [5.41, 5.74) is 4.09. The maximum absolute atomic E-state index is 5.59. The first-order valence-electron chi connectivity index (χ1n) is 6.55. The molecule has 0 amide bonds. The van der Waals surface area contributed by atoms with Crippen molar-refractivity contribution in [3.05, 3.63) is 35.9 Å². The summed E-state index contributed by atoms with van der Waals surface area (Å²) in [6.45, 7) is 5.15. The number of rotatable bonds is 9. The molecule has 0 radical (unpaired) electrons. The van der Waals surface area contributed by atoms with Crippen LogP contribution in [0.4, 0.5) is 0 Å². The average molecular weight is 252 g/mol. The highest BCUT2D eigenvalue weighted by Gasteiger charge is 2.20. The summed E-state index contributed by atoms with van der Waals surface area (Å²) in [6.07, 6.45) is 1.55. The summed E-state index contributed by atoms with van der Waals surface area (Å²) in [5.74, 6) is 5.59. The van der Waals surface area contributed by atoms with Gasteiger partial charge in [-0.3, -0.25) is 11.3 Å². The Bertz CT molecular complexity index is 300. The number of hydrogen-bond donors (Lipinski definition) is 2. The van der Waals surface area contributed by atoms with Gasteiger partial charge in [-0.15, -0.1) is 0 Å². The van der Waals surface area contributed by atoms with E-state index in [0.717, 1.165) is 12.8 Å². The topological polar surface area (TPSA) is 56.5 Å². The first-order chi connectivity index (χ1) is 8.81. The Morgan fingerprint density at radius 1 is 1.11 bits per heavy atom. The van der Waals surface area contributed by atoms with Crippen LogP contribution in [-0.2, 0) is 15.9 Å². The fraction of sp³-hybridized carbons (Fsp3) is 0.571. The van der Waals surface area contributed by atoms with Crippen molar-refractivity contribution in [2.24, 2.45) is 5.84 Å². The Morgan fingerprint density at radius 2 is 1.72 bits per heavy atom. The molecule has 0 spiro atoms. The molecule has 1 aromatic carbocycles. The quantitative estimate of drug-likeness (QED) is 0.400. The second-order valence-corrected chi connectivity index (χ2v) is 4.08. The van der Waals surface area contributed by atoms with Crippen molar-refractivity contribution in [1.82, 2.24) is 5.43 Å². The molecule has 0 fully saturated rings. The molecule has 0 saturated carbocycles. The van der Waals surface area contributed by atoms with Crippen LogP contribution in [0, 0.1) is 0 Å². The zero-order valence-electron chi connectivity index (χ0n) is 11.3. The molecular weight excluding hydrogens is 228 g/mol. The molecule has 0 aliphatic heterocycles. The molecule has 1 unspecified atom stereocenters. The molecule has 0 aliphatic rings. The molecule has 0 bridgehead atoms. The van der Waals surface area contributed by atoms with Gasteiger partial charge >= 0.3 is 0 Å². The number of nitrogens with two attached hydrogens (primary N) is 1. The molecule has 1 aromatic rings. The van der Waals surface area contributed by atoms with E-state index < -0.39 is 0 Å². The van der Waals surface area contributed by atoms with Crippen LogP contribution in [0.15, 0.2) is 30.3 Å². The molecule has 4 nitrogen and oxygen atoms in total. The van der Waals surface area contributed by atoms with Crippen LogP contribution in [0.5, 0.6) is 0 Å². The highest BCUT2D eigenvalue weighted by atomic mass is 16.7. The predicted molar refractivity (Wildman–Crippen MR) is 72.9 cm³/mol. The third kappa shape index (κ3) is 5.14. The normalized spacial score (nSPS) is 12.9. The zero-order chi connectivity index (χ0) is 13.2. The third-order valence-corrected chi connectivity index (χ3v) is 2.79. The van der Waals surface area contributed by atoms with Crippen molar-refractivity contribution < 1.29 is 9.47 Å². The molecule has 0 saturated heterocycles.